The van der Waals surface area contributed by atoms with E-state index in [1.807, 2.05) is 12.1 Å². The zero-order chi connectivity index (χ0) is 18.5. The lowest BCUT2D eigenvalue weighted by molar-refractivity contribution is -0.384. The van der Waals surface area contributed by atoms with Crippen molar-refractivity contribution in [2.75, 3.05) is 13.2 Å². The quantitative estimate of drug-likeness (QED) is 0.585. The third kappa shape index (κ3) is 4.55. The Morgan fingerprint density at radius 3 is 2.81 bits per heavy atom. The molecule has 0 radical (unpaired) electrons. The minimum absolute atomic E-state index is 0.0676. The Kier molecular flexibility index (Phi) is 6.13. The van der Waals surface area contributed by atoms with E-state index in [4.69, 9.17) is 16.3 Å². The summed E-state index contributed by atoms with van der Waals surface area (Å²) in [5, 5.41) is 14.0. The summed E-state index contributed by atoms with van der Waals surface area (Å²) in [6.07, 6.45) is 2.05. The van der Waals surface area contributed by atoms with E-state index in [9.17, 15) is 14.9 Å². The van der Waals surface area contributed by atoms with E-state index < -0.39 is 4.92 Å². The maximum Gasteiger partial charge on any atom is 0.270 e. The maximum absolute atomic E-state index is 12.5. The van der Waals surface area contributed by atoms with Gasteiger partial charge in [0.2, 0.25) is 0 Å². The highest BCUT2D eigenvalue weighted by Gasteiger charge is 2.19. The first kappa shape index (κ1) is 18.7. The van der Waals surface area contributed by atoms with Gasteiger partial charge in [0.25, 0.3) is 11.6 Å². The molecule has 1 unspecified atom stereocenters. The summed E-state index contributed by atoms with van der Waals surface area (Å²) >= 11 is 7.46. The number of carbonyl (C=O) groups is 1. The van der Waals surface area contributed by atoms with E-state index in [0.29, 0.717) is 17.0 Å². The van der Waals surface area contributed by atoms with Gasteiger partial charge >= 0.3 is 0 Å². The predicted octanol–water partition coefficient (Wildman–Crippen LogP) is 4.31. The molecule has 1 heterocycles. The van der Waals surface area contributed by atoms with Crippen LogP contribution in [0.4, 0.5) is 5.69 Å². The number of nitrogens with one attached hydrogen (secondary N) is 1. The molecule has 2 aromatic carbocycles. The highest BCUT2D eigenvalue weighted by atomic mass is 35.5. The molecule has 6 nitrogen and oxygen atoms in total. The van der Waals surface area contributed by atoms with Crippen LogP contribution in [0, 0.1) is 10.1 Å². The van der Waals surface area contributed by atoms with Crippen LogP contribution in [-0.2, 0) is 4.74 Å². The van der Waals surface area contributed by atoms with Crippen LogP contribution in [0.2, 0.25) is 5.02 Å². The number of amides is 1. The average molecular weight is 393 g/mol. The van der Waals surface area contributed by atoms with Gasteiger partial charge in [0, 0.05) is 35.1 Å². The minimum Gasteiger partial charge on any atom is -0.376 e. The SMILES string of the molecule is O=C(NCC1CCCO1)c1ccccc1Sc1ccc([N+](=O)[O-])cc1Cl. The highest BCUT2D eigenvalue weighted by molar-refractivity contribution is 7.99. The molecule has 1 aliphatic heterocycles. The number of halogens is 1. The molecule has 26 heavy (non-hydrogen) atoms. The van der Waals surface area contributed by atoms with Gasteiger partial charge in [-0.2, -0.15) is 0 Å². The van der Waals surface area contributed by atoms with Crippen LogP contribution < -0.4 is 5.32 Å². The first-order valence-corrected chi connectivity index (χ1v) is 9.34. The van der Waals surface area contributed by atoms with Gasteiger partial charge in [0.05, 0.1) is 21.6 Å². The first-order valence-electron chi connectivity index (χ1n) is 8.15. The smallest absolute Gasteiger partial charge is 0.270 e. The largest absolute Gasteiger partial charge is 0.376 e. The van der Waals surface area contributed by atoms with E-state index in [2.05, 4.69) is 5.32 Å². The lowest BCUT2D eigenvalue weighted by Gasteiger charge is -2.13. The fourth-order valence-electron chi connectivity index (χ4n) is 2.65. The number of ether oxygens (including phenoxy) is 1. The zero-order valence-electron chi connectivity index (χ0n) is 13.8. The second-order valence-corrected chi connectivity index (χ2v) is 7.31. The van der Waals surface area contributed by atoms with Crippen molar-refractivity contribution < 1.29 is 14.5 Å². The van der Waals surface area contributed by atoms with Gasteiger partial charge in [-0.3, -0.25) is 14.9 Å². The Bertz CT molecular complexity index is 825. The van der Waals surface area contributed by atoms with Crippen molar-refractivity contribution in [3.05, 3.63) is 63.2 Å². The zero-order valence-corrected chi connectivity index (χ0v) is 15.4. The van der Waals surface area contributed by atoms with E-state index in [1.54, 1.807) is 18.2 Å². The molecule has 1 saturated heterocycles. The third-order valence-electron chi connectivity index (χ3n) is 3.99. The standard InChI is InChI=1S/C18H17ClN2O4S/c19-15-10-12(21(23)24)7-8-17(15)26-16-6-2-1-5-14(16)18(22)20-11-13-4-3-9-25-13/h1-2,5-8,10,13H,3-4,9,11H2,(H,20,22). The average Bonchev–Trinajstić information content (AvgIpc) is 3.15. The molecule has 0 aromatic heterocycles. The number of hydrogen-bond donors (Lipinski definition) is 1. The fourth-order valence-corrected chi connectivity index (χ4v) is 3.89. The number of nitro groups is 1. The van der Waals surface area contributed by atoms with Crippen LogP contribution in [-0.4, -0.2) is 30.1 Å². The number of nitrogens with zero attached hydrogens (tertiary/aromatic N) is 1. The molecule has 3 rings (SSSR count). The van der Waals surface area contributed by atoms with Crippen LogP contribution in [0.15, 0.2) is 52.3 Å². The molecule has 2 aromatic rings. The van der Waals surface area contributed by atoms with E-state index in [0.717, 1.165) is 24.3 Å². The molecular weight excluding hydrogens is 376 g/mol. The van der Waals surface area contributed by atoms with Gasteiger partial charge in [-0.25, -0.2) is 0 Å². The summed E-state index contributed by atoms with van der Waals surface area (Å²) in [6.45, 7) is 1.22. The Labute approximate surface area is 160 Å². The molecule has 0 aliphatic carbocycles. The minimum atomic E-state index is -0.493. The lowest BCUT2D eigenvalue weighted by atomic mass is 10.2. The molecule has 0 bridgehead atoms. The number of hydrogen-bond acceptors (Lipinski definition) is 5. The lowest BCUT2D eigenvalue weighted by Crippen LogP contribution is -2.32. The van der Waals surface area contributed by atoms with Crippen molar-refractivity contribution in [3.8, 4) is 0 Å². The van der Waals surface area contributed by atoms with Crippen molar-refractivity contribution in [1.29, 1.82) is 0 Å². The molecule has 1 N–H and O–H groups in total. The van der Waals surface area contributed by atoms with Crippen molar-refractivity contribution in [1.82, 2.24) is 5.32 Å². The number of rotatable bonds is 6. The molecular formula is C18H17ClN2O4S. The molecule has 1 aliphatic rings. The monoisotopic (exact) mass is 392 g/mol. The van der Waals surface area contributed by atoms with Crippen molar-refractivity contribution in [3.63, 3.8) is 0 Å². The molecule has 136 valence electrons. The Morgan fingerprint density at radius 1 is 1.31 bits per heavy atom. The molecule has 1 amide bonds. The van der Waals surface area contributed by atoms with Gasteiger partial charge in [-0.05, 0) is 31.0 Å². The van der Waals surface area contributed by atoms with Crippen LogP contribution in [0.3, 0.4) is 0 Å². The van der Waals surface area contributed by atoms with Crippen LogP contribution >= 0.6 is 23.4 Å². The Hall–Kier alpha value is -2.09. The number of benzene rings is 2. The van der Waals surface area contributed by atoms with Crippen LogP contribution in [0.25, 0.3) is 0 Å². The summed E-state index contributed by atoms with van der Waals surface area (Å²) in [6, 6.07) is 11.5. The predicted molar refractivity (Wildman–Crippen MR) is 100.0 cm³/mol. The second kappa shape index (κ2) is 8.53. The number of non-ortho nitro benzene ring substituents is 1. The van der Waals surface area contributed by atoms with Crippen molar-refractivity contribution in [2.24, 2.45) is 0 Å². The van der Waals surface area contributed by atoms with Crippen molar-refractivity contribution >= 4 is 35.0 Å². The number of carbonyl (C=O) groups excluding carboxylic acids is 1. The fraction of sp³-hybridized carbons (Fsp3) is 0.278. The summed E-state index contributed by atoms with van der Waals surface area (Å²) in [5.74, 6) is -0.179. The van der Waals surface area contributed by atoms with Crippen LogP contribution in [0.1, 0.15) is 23.2 Å². The Morgan fingerprint density at radius 2 is 2.12 bits per heavy atom. The molecule has 1 atom stereocenters. The molecule has 8 heteroatoms. The normalized spacial score (nSPS) is 16.4. The topological polar surface area (TPSA) is 81.5 Å². The summed E-state index contributed by atoms with van der Waals surface area (Å²) in [4.78, 5) is 24.2. The highest BCUT2D eigenvalue weighted by Crippen LogP contribution is 2.36. The van der Waals surface area contributed by atoms with Crippen LogP contribution in [0.5, 0.6) is 0 Å². The van der Waals surface area contributed by atoms with E-state index in [-0.39, 0.29) is 22.7 Å². The maximum atomic E-state index is 12.5. The third-order valence-corrected chi connectivity index (χ3v) is 5.57. The number of nitro benzene ring substituents is 1. The van der Waals surface area contributed by atoms with Gasteiger partial charge in [0.15, 0.2) is 0 Å². The Balaban J connectivity index is 1.74. The summed E-state index contributed by atoms with van der Waals surface area (Å²) < 4.78 is 5.52. The van der Waals surface area contributed by atoms with Gasteiger partial charge in [-0.15, -0.1) is 0 Å². The van der Waals surface area contributed by atoms with E-state index in [1.165, 1.54) is 23.9 Å². The summed E-state index contributed by atoms with van der Waals surface area (Å²) in [7, 11) is 0. The second-order valence-electron chi connectivity index (χ2n) is 5.82. The van der Waals surface area contributed by atoms with Gasteiger partial charge < -0.3 is 10.1 Å². The van der Waals surface area contributed by atoms with E-state index >= 15 is 0 Å². The first-order chi connectivity index (χ1) is 12.5. The van der Waals surface area contributed by atoms with Gasteiger partial charge in [0.1, 0.15) is 0 Å². The molecule has 0 spiro atoms. The molecule has 1 fully saturated rings. The molecule has 0 saturated carbocycles. The summed E-state index contributed by atoms with van der Waals surface area (Å²) in [5.41, 5.74) is 0.465. The van der Waals surface area contributed by atoms with Gasteiger partial charge in [-0.1, -0.05) is 35.5 Å². The van der Waals surface area contributed by atoms with Crippen molar-refractivity contribution in [2.45, 2.75) is 28.7 Å².